The number of fused-ring (bicyclic) bond motifs is 1. The number of methoxy groups -OCH3 is 1. The van der Waals surface area contributed by atoms with Crippen LogP contribution < -0.4 is 14.2 Å². The lowest BCUT2D eigenvalue weighted by molar-refractivity contribution is -0.134. The third-order valence-corrected chi connectivity index (χ3v) is 5.14. The second-order valence-electron chi connectivity index (χ2n) is 7.55. The van der Waals surface area contributed by atoms with Crippen molar-refractivity contribution >= 4 is 28.6 Å². The van der Waals surface area contributed by atoms with E-state index in [9.17, 15) is 14.4 Å². The van der Waals surface area contributed by atoms with Gasteiger partial charge in [0.2, 0.25) is 0 Å². The number of Topliss-reactive ketones (excluding diaryl/α,β-unsaturated/α-hetero) is 1. The van der Waals surface area contributed by atoms with E-state index in [-0.39, 0.29) is 23.8 Å². The Morgan fingerprint density at radius 3 is 2.35 bits per heavy atom. The maximum absolute atomic E-state index is 13.2. The number of ether oxygens (including phenoxy) is 3. The van der Waals surface area contributed by atoms with E-state index in [1.165, 1.54) is 32.0 Å². The standard InChI is InChI=1S/C27H21NO6/c1-17(29)33-26-12-9-20(13-27(26)34-18(2)30)25(31)16-28-15-23(19-7-5-4-6-8-19)22-11-10-21(32-3)14-24(22)28/h5,7-15H,16H2,1-3H3. The van der Waals surface area contributed by atoms with E-state index < -0.39 is 11.9 Å². The van der Waals surface area contributed by atoms with Crippen LogP contribution in [0.25, 0.3) is 22.0 Å². The summed E-state index contributed by atoms with van der Waals surface area (Å²) in [4.78, 5) is 36.1. The van der Waals surface area contributed by atoms with Gasteiger partial charge in [0.05, 0.1) is 19.2 Å². The summed E-state index contributed by atoms with van der Waals surface area (Å²) in [7, 11) is 1.59. The molecule has 4 aromatic rings. The van der Waals surface area contributed by atoms with Crippen LogP contribution in [0.2, 0.25) is 0 Å². The van der Waals surface area contributed by atoms with Gasteiger partial charge in [0.1, 0.15) is 5.75 Å². The van der Waals surface area contributed by atoms with Gasteiger partial charge in [0, 0.05) is 42.6 Å². The van der Waals surface area contributed by atoms with Crippen LogP contribution in [0.1, 0.15) is 24.2 Å². The van der Waals surface area contributed by atoms with Crippen LogP contribution in [0.3, 0.4) is 0 Å². The molecule has 0 amide bonds. The Bertz CT molecular complexity index is 1390. The first-order chi connectivity index (χ1) is 16.4. The number of benzene rings is 3. The zero-order valence-corrected chi connectivity index (χ0v) is 18.9. The Morgan fingerprint density at radius 1 is 0.912 bits per heavy atom. The van der Waals surface area contributed by atoms with Gasteiger partial charge >= 0.3 is 11.9 Å². The minimum atomic E-state index is -0.594. The van der Waals surface area contributed by atoms with E-state index in [1.54, 1.807) is 13.2 Å². The smallest absolute Gasteiger partial charge is 0.308 e. The van der Waals surface area contributed by atoms with Gasteiger partial charge in [0.25, 0.3) is 0 Å². The normalized spacial score (nSPS) is 10.7. The molecular formula is C27H21NO6. The van der Waals surface area contributed by atoms with Gasteiger partial charge in [0.15, 0.2) is 17.3 Å². The molecule has 2 radical (unpaired) electrons. The maximum atomic E-state index is 13.2. The number of hydrogen-bond acceptors (Lipinski definition) is 6. The molecule has 0 saturated carbocycles. The van der Waals surface area contributed by atoms with Gasteiger partial charge in [-0.15, -0.1) is 0 Å². The molecule has 0 saturated heterocycles. The molecule has 0 bridgehead atoms. The molecule has 0 aliphatic carbocycles. The SMILES string of the molecule is COc1ccc2c(-c3c[c][c]cc3)cn(CC(=O)c3ccc(OC(C)=O)c(OC(C)=O)c3)c2c1. The Hall–Kier alpha value is -4.39. The summed E-state index contributed by atoms with van der Waals surface area (Å²) < 4.78 is 17.5. The molecule has 3 aromatic carbocycles. The molecule has 0 N–H and O–H groups in total. The minimum Gasteiger partial charge on any atom is -0.497 e. The summed E-state index contributed by atoms with van der Waals surface area (Å²) in [6.07, 6.45) is 1.91. The average Bonchev–Trinajstić information content (AvgIpc) is 3.17. The number of carbonyl (C=O) groups excluding carboxylic acids is 3. The molecule has 0 aliphatic heterocycles. The molecule has 0 spiro atoms. The van der Waals surface area contributed by atoms with Crippen molar-refractivity contribution in [2.45, 2.75) is 20.4 Å². The Morgan fingerprint density at radius 2 is 1.68 bits per heavy atom. The number of nitrogens with zero attached hydrogens (tertiary/aromatic N) is 1. The predicted octanol–water partition coefficient (Wildman–Crippen LogP) is 4.65. The van der Waals surface area contributed by atoms with Gasteiger partial charge in [-0.3, -0.25) is 14.4 Å². The van der Waals surface area contributed by atoms with E-state index in [4.69, 9.17) is 14.2 Å². The highest BCUT2D eigenvalue weighted by Crippen LogP contribution is 2.34. The van der Waals surface area contributed by atoms with Crippen molar-refractivity contribution in [3.63, 3.8) is 0 Å². The first-order valence-corrected chi connectivity index (χ1v) is 10.4. The number of aromatic nitrogens is 1. The molecule has 34 heavy (non-hydrogen) atoms. The van der Waals surface area contributed by atoms with Crippen molar-refractivity contribution < 1.29 is 28.6 Å². The lowest BCUT2D eigenvalue weighted by atomic mass is 10.1. The fraction of sp³-hybridized carbons (Fsp3) is 0.148. The molecule has 170 valence electrons. The first kappa shape index (κ1) is 22.8. The van der Waals surface area contributed by atoms with Crippen molar-refractivity contribution in [1.82, 2.24) is 4.57 Å². The van der Waals surface area contributed by atoms with Gasteiger partial charge < -0.3 is 18.8 Å². The fourth-order valence-corrected chi connectivity index (χ4v) is 3.68. The molecule has 7 heteroatoms. The van der Waals surface area contributed by atoms with Gasteiger partial charge in [-0.05, 0) is 54.1 Å². The van der Waals surface area contributed by atoms with Crippen LogP contribution in [-0.4, -0.2) is 29.4 Å². The van der Waals surface area contributed by atoms with E-state index in [0.717, 1.165) is 22.0 Å². The van der Waals surface area contributed by atoms with Crippen molar-refractivity contribution in [1.29, 1.82) is 0 Å². The van der Waals surface area contributed by atoms with Crippen molar-refractivity contribution in [3.8, 4) is 28.4 Å². The second kappa shape index (κ2) is 9.62. The molecule has 0 fully saturated rings. The highest BCUT2D eigenvalue weighted by molar-refractivity contribution is 6.00. The molecule has 1 heterocycles. The monoisotopic (exact) mass is 455 g/mol. The third-order valence-electron chi connectivity index (χ3n) is 5.14. The molecule has 0 atom stereocenters. The third kappa shape index (κ3) is 4.83. The second-order valence-corrected chi connectivity index (χ2v) is 7.55. The summed E-state index contributed by atoms with van der Waals surface area (Å²) >= 11 is 0. The summed E-state index contributed by atoms with van der Waals surface area (Å²) in [6, 6.07) is 21.5. The lowest BCUT2D eigenvalue weighted by Crippen LogP contribution is -2.12. The van der Waals surface area contributed by atoms with Crippen LogP contribution >= 0.6 is 0 Å². The van der Waals surface area contributed by atoms with E-state index in [2.05, 4.69) is 12.1 Å². The predicted molar refractivity (Wildman–Crippen MR) is 125 cm³/mol. The maximum Gasteiger partial charge on any atom is 0.308 e. The summed E-state index contributed by atoms with van der Waals surface area (Å²) in [5, 5.41) is 0.957. The minimum absolute atomic E-state index is 0.00402. The van der Waals surface area contributed by atoms with Gasteiger partial charge in [-0.1, -0.05) is 12.1 Å². The highest BCUT2D eigenvalue weighted by Gasteiger charge is 2.18. The van der Waals surface area contributed by atoms with Crippen LogP contribution in [0.5, 0.6) is 17.2 Å². The highest BCUT2D eigenvalue weighted by atomic mass is 16.6. The number of ketones is 1. The number of esters is 2. The van der Waals surface area contributed by atoms with E-state index >= 15 is 0 Å². The number of carbonyl (C=O) groups is 3. The van der Waals surface area contributed by atoms with Crippen LogP contribution in [0.4, 0.5) is 0 Å². The molecular weight excluding hydrogens is 434 g/mol. The van der Waals surface area contributed by atoms with Crippen molar-refractivity contribution in [3.05, 3.63) is 78.5 Å². The van der Waals surface area contributed by atoms with Crippen LogP contribution in [-0.2, 0) is 16.1 Å². The quantitative estimate of drug-likeness (QED) is 0.229. The fourth-order valence-electron chi connectivity index (χ4n) is 3.68. The molecule has 1 aromatic heterocycles. The van der Waals surface area contributed by atoms with Crippen LogP contribution in [0, 0.1) is 12.1 Å². The Labute approximate surface area is 196 Å². The zero-order chi connectivity index (χ0) is 24.2. The largest absolute Gasteiger partial charge is 0.497 e. The molecule has 0 unspecified atom stereocenters. The number of rotatable bonds is 7. The average molecular weight is 455 g/mol. The summed E-state index contributed by atoms with van der Waals surface area (Å²) in [5.41, 5.74) is 3.03. The van der Waals surface area contributed by atoms with Gasteiger partial charge in [-0.25, -0.2) is 0 Å². The molecule has 4 rings (SSSR count). The first-order valence-electron chi connectivity index (χ1n) is 10.4. The topological polar surface area (TPSA) is 83.8 Å². The van der Waals surface area contributed by atoms with E-state index in [0.29, 0.717) is 11.3 Å². The Balaban J connectivity index is 1.73. The van der Waals surface area contributed by atoms with Crippen molar-refractivity contribution in [2.75, 3.05) is 7.11 Å². The summed E-state index contributed by atoms with van der Waals surface area (Å²) in [5.74, 6) is -0.644. The lowest BCUT2D eigenvalue weighted by Gasteiger charge is -2.11. The van der Waals surface area contributed by atoms with Crippen LogP contribution in [0.15, 0.2) is 60.8 Å². The summed E-state index contributed by atoms with van der Waals surface area (Å²) in [6.45, 7) is 2.49. The molecule has 7 nitrogen and oxygen atoms in total. The van der Waals surface area contributed by atoms with Gasteiger partial charge in [-0.2, -0.15) is 0 Å². The van der Waals surface area contributed by atoms with E-state index in [1.807, 2.05) is 41.1 Å². The molecule has 0 aliphatic rings. The number of hydrogen-bond donors (Lipinski definition) is 0. The zero-order valence-electron chi connectivity index (χ0n) is 18.9. The van der Waals surface area contributed by atoms with Crippen molar-refractivity contribution in [2.24, 2.45) is 0 Å². The Kier molecular flexibility index (Phi) is 6.45.